The van der Waals surface area contributed by atoms with Crippen molar-refractivity contribution in [2.24, 2.45) is 0 Å². The van der Waals surface area contributed by atoms with Crippen LogP contribution in [0.25, 0.3) is 17.0 Å². The third-order valence-corrected chi connectivity index (χ3v) is 2.88. The van der Waals surface area contributed by atoms with Gasteiger partial charge in [-0.2, -0.15) is 0 Å². The zero-order valence-corrected chi connectivity index (χ0v) is 9.40. The molecule has 0 amide bonds. The van der Waals surface area contributed by atoms with Gasteiger partial charge in [0.05, 0.1) is 11.3 Å². The summed E-state index contributed by atoms with van der Waals surface area (Å²) in [6.07, 6.45) is 3.80. The van der Waals surface area contributed by atoms with Gasteiger partial charge in [-0.15, -0.1) is 0 Å². The summed E-state index contributed by atoms with van der Waals surface area (Å²) in [6.45, 7) is 1.92. The zero-order chi connectivity index (χ0) is 11.8. The molecule has 1 aliphatic carbocycles. The van der Waals surface area contributed by atoms with Gasteiger partial charge in [0, 0.05) is 12.0 Å². The Bertz CT molecular complexity index is 654. The Morgan fingerprint density at radius 3 is 2.71 bits per heavy atom. The molecule has 1 aromatic heterocycles. The number of allylic oxidation sites excluding steroid dienone is 2. The van der Waals surface area contributed by atoms with E-state index in [1.54, 1.807) is 0 Å². The molecule has 1 aromatic carbocycles. The first-order valence-electron chi connectivity index (χ1n) is 5.47. The van der Waals surface area contributed by atoms with E-state index in [1.807, 2.05) is 49.8 Å². The summed E-state index contributed by atoms with van der Waals surface area (Å²) in [4.78, 5) is 19.3. The van der Waals surface area contributed by atoms with Gasteiger partial charge in [0.25, 0.3) is 5.56 Å². The smallest absolute Gasteiger partial charge is 0.258 e. The molecule has 0 saturated carbocycles. The number of benzene rings is 1. The summed E-state index contributed by atoms with van der Waals surface area (Å²) in [5.74, 6) is 0.619. The summed E-state index contributed by atoms with van der Waals surface area (Å²) in [5.41, 5.74) is 3.25. The van der Waals surface area contributed by atoms with Gasteiger partial charge in [0.1, 0.15) is 5.82 Å². The molecule has 2 aromatic rings. The minimum atomic E-state index is -0.0728. The number of nitrogens with one attached hydrogen (secondary N) is 1. The molecular weight excluding hydrogens is 212 g/mol. The van der Waals surface area contributed by atoms with Gasteiger partial charge in [-0.3, -0.25) is 4.79 Å². The van der Waals surface area contributed by atoms with Crippen LogP contribution in [0.1, 0.15) is 18.2 Å². The highest BCUT2D eigenvalue weighted by molar-refractivity contribution is 5.74. The van der Waals surface area contributed by atoms with Gasteiger partial charge in [-0.1, -0.05) is 36.4 Å². The van der Waals surface area contributed by atoms with E-state index in [0.717, 1.165) is 16.8 Å². The standard InChI is InChI=1S/C14H11N2O/c1-9-7-8-11-12(9)14(17)16-13(15-11)10-5-3-2-4-6-10/h2-8H,1H3,(H,15,16,17). The average Bonchev–Trinajstić information content (AvgIpc) is 2.73. The summed E-state index contributed by atoms with van der Waals surface area (Å²) < 4.78 is 0. The molecule has 17 heavy (non-hydrogen) atoms. The number of aromatic nitrogens is 2. The molecular formula is C14H11N2O. The van der Waals surface area contributed by atoms with Crippen molar-refractivity contribution < 1.29 is 0 Å². The van der Waals surface area contributed by atoms with Crippen LogP contribution >= 0.6 is 0 Å². The lowest BCUT2D eigenvalue weighted by Crippen LogP contribution is -2.15. The lowest BCUT2D eigenvalue weighted by Gasteiger charge is -2.04. The second-order valence-corrected chi connectivity index (χ2v) is 4.06. The van der Waals surface area contributed by atoms with Crippen LogP contribution in [0.4, 0.5) is 0 Å². The van der Waals surface area contributed by atoms with Gasteiger partial charge < -0.3 is 4.98 Å². The lowest BCUT2D eigenvalue weighted by molar-refractivity contribution is 1.08. The molecule has 0 bridgehead atoms. The maximum atomic E-state index is 12.0. The molecule has 1 heterocycles. The highest BCUT2D eigenvalue weighted by atomic mass is 16.1. The fraction of sp³-hybridized carbons (Fsp3) is 0.0714. The van der Waals surface area contributed by atoms with Crippen molar-refractivity contribution >= 4 is 5.57 Å². The fourth-order valence-corrected chi connectivity index (χ4v) is 2.01. The third kappa shape index (κ3) is 1.60. The van der Waals surface area contributed by atoms with Gasteiger partial charge in [0.15, 0.2) is 0 Å². The van der Waals surface area contributed by atoms with Gasteiger partial charge >= 0.3 is 0 Å². The van der Waals surface area contributed by atoms with Crippen LogP contribution in [-0.4, -0.2) is 9.97 Å². The second kappa shape index (κ2) is 3.70. The van der Waals surface area contributed by atoms with Crippen molar-refractivity contribution in [3.8, 4) is 11.4 Å². The van der Waals surface area contributed by atoms with Crippen molar-refractivity contribution in [2.45, 2.75) is 6.92 Å². The zero-order valence-electron chi connectivity index (χ0n) is 9.40. The maximum Gasteiger partial charge on any atom is 0.258 e. The third-order valence-electron chi connectivity index (χ3n) is 2.88. The van der Waals surface area contributed by atoms with Crippen LogP contribution in [0.5, 0.6) is 0 Å². The lowest BCUT2D eigenvalue weighted by atomic mass is 10.1. The van der Waals surface area contributed by atoms with E-state index < -0.39 is 0 Å². The number of nitrogens with zero attached hydrogens (tertiary/aromatic N) is 1. The molecule has 0 unspecified atom stereocenters. The molecule has 3 rings (SSSR count). The largest absolute Gasteiger partial charge is 0.306 e. The van der Waals surface area contributed by atoms with Crippen molar-refractivity contribution in [1.82, 2.24) is 9.97 Å². The van der Waals surface area contributed by atoms with E-state index >= 15 is 0 Å². The van der Waals surface area contributed by atoms with E-state index in [9.17, 15) is 4.79 Å². The molecule has 0 atom stereocenters. The van der Waals surface area contributed by atoms with Crippen LogP contribution in [-0.2, 0) is 0 Å². The molecule has 83 valence electrons. The minimum Gasteiger partial charge on any atom is -0.306 e. The number of hydrogen-bond acceptors (Lipinski definition) is 2. The second-order valence-electron chi connectivity index (χ2n) is 4.06. The number of fused-ring (bicyclic) bond motifs is 1. The Kier molecular flexibility index (Phi) is 2.18. The number of H-pyrrole nitrogens is 1. The van der Waals surface area contributed by atoms with Crippen LogP contribution in [0.15, 0.2) is 41.2 Å². The number of aromatic amines is 1. The van der Waals surface area contributed by atoms with Crippen LogP contribution in [0, 0.1) is 6.42 Å². The monoisotopic (exact) mass is 223 g/mol. The Hall–Kier alpha value is -2.16. The average molecular weight is 223 g/mol. The van der Waals surface area contributed by atoms with E-state index in [4.69, 9.17) is 0 Å². The van der Waals surface area contributed by atoms with Gasteiger partial charge in [-0.05, 0) is 12.5 Å². The molecule has 0 aliphatic heterocycles. The van der Waals surface area contributed by atoms with E-state index in [-0.39, 0.29) is 5.56 Å². The normalized spacial score (nSPS) is 13.4. The fourth-order valence-electron chi connectivity index (χ4n) is 2.01. The van der Waals surface area contributed by atoms with E-state index in [2.05, 4.69) is 9.97 Å². The first-order valence-corrected chi connectivity index (χ1v) is 5.47. The molecule has 0 spiro atoms. The summed E-state index contributed by atoms with van der Waals surface area (Å²) >= 11 is 0. The molecule has 1 radical (unpaired) electrons. The molecule has 1 aliphatic rings. The first-order chi connectivity index (χ1) is 8.25. The highest BCUT2D eigenvalue weighted by Crippen LogP contribution is 2.24. The quantitative estimate of drug-likeness (QED) is 0.806. The van der Waals surface area contributed by atoms with Crippen LogP contribution < -0.4 is 5.56 Å². The molecule has 3 heteroatoms. The van der Waals surface area contributed by atoms with Gasteiger partial charge in [0.2, 0.25) is 0 Å². The number of rotatable bonds is 1. The Labute approximate surface area is 98.9 Å². The SMILES string of the molecule is CC1=C[CH]c2nc(-c3ccccc3)[nH]c(=O)c21. The highest BCUT2D eigenvalue weighted by Gasteiger charge is 2.17. The predicted molar refractivity (Wildman–Crippen MR) is 67.3 cm³/mol. The minimum absolute atomic E-state index is 0.0728. The predicted octanol–water partition coefficient (Wildman–Crippen LogP) is 2.41. The van der Waals surface area contributed by atoms with Crippen LogP contribution in [0.2, 0.25) is 0 Å². The molecule has 0 fully saturated rings. The van der Waals surface area contributed by atoms with E-state index in [0.29, 0.717) is 11.4 Å². The van der Waals surface area contributed by atoms with Crippen molar-refractivity contribution in [3.63, 3.8) is 0 Å². The molecule has 1 N–H and O–H groups in total. The number of hydrogen-bond donors (Lipinski definition) is 1. The maximum absolute atomic E-state index is 12.0. The summed E-state index contributed by atoms with van der Waals surface area (Å²) in [6, 6.07) is 9.65. The van der Waals surface area contributed by atoms with Crippen molar-refractivity contribution in [3.05, 3.63) is 64.4 Å². The van der Waals surface area contributed by atoms with Crippen LogP contribution in [0.3, 0.4) is 0 Å². The molecule has 3 nitrogen and oxygen atoms in total. The van der Waals surface area contributed by atoms with Crippen molar-refractivity contribution in [2.75, 3.05) is 0 Å². The molecule has 0 saturated heterocycles. The van der Waals surface area contributed by atoms with Gasteiger partial charge in [-0.25, -0.2) is 4.98 Å². The topological polar surface area (TPSA) is 45.8 Å². The Balaban J connectivity index is 2.19. The van der Waals surface area contributed by atoms with E-state index in [1.165, 1.54) is 0 Å². The Morgan fingerprint density at radius 1 is 1.18 bits per heavy atom. The van der Waals surface area contributed by atoms with Crippen molar-refractivity contribution in [1.29, 1.82) is 0 Å². The Morgan fingerprint density at radius 2 is 1.94 bits per heavy atom. The summed E-state index contributed by atoms with van der Waals surface area (Å²) in [5, 5.41) is 0. The first kappa shape index (κ1) is 10.0. The summed E-state index contributed by atoms with van der Waals surface area (Å²) in [7, 11) is 0.